The molecule has 2 heterocycles. The summed E-state index contributed by atoms with van der Waals surface area (Å²) in [5, 5.41) is 0. The van der Waals surface area contributed by atoms with Crippen LogP contribution in [0.4, 0.5) is 0 Å². The number of carbonyl (C=O) groups is 2. The van der Waals surface area contributed by atoms with Crippen molar-refractivity contribution in [1.29, 1.82) is 0 Å². The standard InChI is InChI=1S/C22H26N2O5/c1-2-4-21(25)24(17-7-8-17)14-22(26)23(13-18-5-3-10-27-18)12-16-6-9-19-20(11-16)29-15-28-19/h3,5-6,9-11,17H,2,4,7-8,12-15H2,1H3. The fraction of sp³-hybridized carbons (Fsp3) is 0.455. The average Bonchev–Trinajstić information content (AvgIpc) is 3.21. The number of carbonyl (C=O) groups excluding carboxylic acids is 2. The van der Waals surface area contributed by atoms with Gasteiger partial charge in [-0.1, -0.05) is 13.0 Å². The first kappa shape index (κ1) is 19.4. The van der Waals surface area contributed by atoms with Gasteiger partial charge in [0.2, 0.25) is 18.6 Å². The van der Waals surface area contributed by atoms with E-state index >= 15 is 0 Å². The van der Waals surface area contributed by atoms with Crippen molar-refractivity contribution < 1.29 is 23.5 Å². The molecule has 29 heavy (non-hydrogen) atoms. The van der Waals surface area contributed by atoms with Crippen LogP contribution < -0.4 is 9.47 Å². The molecule has 0 atom stereocenters. The Bertz CT molecular complexity index is 860. The van der Waals surface area contributed by atoms with Crippen molar-refractivity contribution in [3.05, 3.63) is 47.9 Å². The molecule has 1 fully saturated rings. The highest BCUT2D eigenvalue weighted by Crippen LogP contribution is 2.33. The molecule has 7 heteroatoms. The largest absolute Gasteiger partial charge is 0.467 e. The minimum atomic E-state index is -0.0876. The van der Waals surface area contributed by atoms with Gasteiger partial charge in [0, 0.05) is 19.0 Å². The number of benzene rings is 1. The van der Waals surface area contributed by atoms with Gasteiger partial charge < -0.3 is 23.7 Å². The molecule has 1 aromatic carbocycles. The van der Waals surface area contributed by atoms with E-state index in [2.05, 4.69) is 0 Å². The molecule has 1 aromatic heterocycles. The van der Waals surface area contributed by atoms with E-state index in [1.165, 1.54) is 0 Å². The van der Waals surface area contributed by atoms with Crippen LogP contribution >= 0.6 is 0 Å². The highest BCUT2D eigenvalue weighted by atomic mass is 16.7. The number of fused-ring (bicyclic) bond motifs is 1. The fourth-order valence-corrected chi connectivity index (χ4v) is 3.49. The summed E-state index contributed by atoms with van der Waals surface area (Å²) in [5.74, 6) is 2.07. The van der Waals surface area contributed by atoms with Gasteiger partial charge in [0.25, 0.3) is 0 Å². The minimum Gasteiger partial charge on any atom is -0.467 e. The summed E-state index contributed by atoms with van der Waals surface area (Å²) in [6, 6.07) is 9.53. The van der Waals surface area contributed by atoms with Crippen LogP contribution in [0, 0.1) is 0 Å². The normalized spacial score (nSPS) is 14.7. The zero-order chi connectivity index (χ0) is 20.2. The quantitative estimate of drug-likeness (QED) is 0.648. The molecule has 1 aliphatic carbocycles. The van der Waals surface area contributed by atoms with Gasteiger partial charge >= 0.3 is 0 Å². The molecule has 4 rings (SSSR count). The lowest BCUT2D eigenvalue weighted by Gasteiger charge is -2.27. The molecule has 7 nitrogen and oxygen atoms in total. The summed E-state index contributed by atoms with van der Waals surface area (Å²) in [6.07, 6.45) is 4.81. The molecule has 1 aliphatic heterocycles. The second-order valence-corrected chi connectivity index (χ2v) is 7.52. The molecular formula is C22H26N2O5. The predicted molar refractivity (Wildman–Crippen MR) is 105 cm³/mol. The van der Waals surface area contributed by atoms with Gasteiger partial charge in [-0.25, -0.2) is 0 Å². The van der Waals surface area contributed by atoms with Crippen LogP contribution in [0.3, 0.4) is 0 Å². The summed E-state index contributed by atoms with van der Waals surface area (Å²) in [5.41, 5.74) is 0.937. The summed E-state index contributed by atoms with van der Waals surface area (Å²) in [6.45, 7) is 3.05. The third-order valence-corrected chi connectivity index (χ3v) is 5.17. The van der Waals surface area contributed by atoms with Crippen LogP contribution in [0.25, 0.3) is 0 Å². The van der Waals surface area contributed by atoms with Crippen molar-refractivity contribution in [2.24, 2.45) is 0 Å². The highest BCUT2D eigenvalue weighted by Gasteiger charge is 2.34. The van der Waals surface area contributed by atoms with E-state index in [0.29, 0.717) is 36.8 Å². The van der Waals surface area contributed by atoms with Crippen LogP contribution in [-0.2, 0) is 22.7 Å². The van der Waals surface area contributed by atoms with Gasteiger partial charge in [0.05, 0.1) is 12.8 Å². The van der Waals surface area contributed by atoms with Crippen molar-refractivity contribution in [3.63, 3.8) is 0 Å². The molecule has 0 unspecified atom stereocenters. The van der Waals surface area contributed by atoms with Crippen molar-refractivity contribution in [1.82, 2.24) is 9.80 Å². The third kappa shape index (κ3) is 4.72. The summed E-state index contributed by atoms with van der Waals surface area (Å²) < 4.78 is 16.3. The summed E-state index contributed by atoms with van der Waals surface area (Å²) >= 11 is 0. The predicted octanol–water partition coefficient (Wildman–Crippen LogP) is 3.33. The van der Waals surface area contributed by atoms with Gasteiger partial charge in [-0.15, -0.1) is 0 Å². The Morgan fingerprint density at radius 3 is 2.62 bits per heavy atom. The molecule has 2 aliphatic rings. The van der Waals surface area contributed by atoms with E-state index in [9.17, 15) is 9.59 Å². The van der Waals surface area contributed by atoms with E-state index in [-0.39, 0.29) is 31.2 Å². The van der Waals surface area contributed by atoms with E-state index in [1.54, 1.807) is 22.1 Å². The maximum atomic E-state index is 13.2. The smallest absolute Gasteiger partial charge is 0.242 e. The van der Waals surface area contributed by atoms with E-state index < -0.39 is 0 Å². The Labute approximate surface area is 170 Å². The number of hydrogen-bond acceptors (Lipinski definition) is 5. The zero-order valence-corrected chi connectivity index (χ0v) is 16.6. The van der Waals surface area contributed by atoms with Gasteiger partial charge in [-0.05, 0) is 49.1 Å². The van der Waals surface area contributed by atoms with Crippen LogP contribution in [0.2, 0.25) is 0 Å². The lowest BCUT2D eigenvalue weighted by molar-refractivity contribution is -0.142. The summed E-state index contributed by atoms with van der Waals surface area (Å²) in [4.78, 5) is 29.2. The van der Waals surface area contributed by atoms with Crippen molar-refractivity contribution in [2.75, 3.05) is 13.3 Å². The van der Waals surface area contributed by atoms with Gasteiger partial charge in [0.15, 0.2) is 11.5 Å². The molecule has 2 amide bonds. The number of ether oxygens (including phenoxy) is 2. The Balaban J connectivity index is 1.50. The van der Waals surface area contributed by atoms with E-state index in [0.717, 1.165) is 24.8 Å². The zero-order valence-electron chi connectivity index (χ0n) is 16.6. The fourth-order valence-electron chi connectivity index (χ4n) is 3.49. The number of hydrogen-bond donors (Lipinski definition) is 0. The first-order chi connectivity index (χ1) is 14.1. The van der Waals surface area contributed by atoms with Gasteiger partial charge in [-0.3, -0.25) is 9.59 Å². The minimum absolute atomic E-state index is 0.0596. The summed E-state index contributed by atoms with van der Waals surface area (Å²) in [7, 11) is 0. The lowest BCUT2D eigenvalue weighted by Crippen LogP contribution is -2.43. The molecule has 1 saturated carbocycles. The Kier molecular flexibility index (Phi) is 5.74. The molecule has 0 radical (unpaired) electrons. The number of amides is 2. The molecule has 0 spiro atoms. The van der Waals surface area contributed by atoms with Gasteiger partial charge in [0.1, 0.15) is 12.3 Å². The van der Waals surface area contributed by atoms with Crippen molar-refractivity contribution in [2.45, 2.75) is 51.7 Å². The SMILES string of the molecule is CCCC(=O)N(CC(=O)N(Cc1ccc2c(c1)OCO2)Cc1ccco1)C1CC1. The van der Waals surface area contributed by atoms with Crippen LogP contribution in [-0.4, -0.2) is 41.0 Å². The van der Waals surface area contributed by atoms with E-state index in [4.69, 9.17) is 13.9 Å². The molecule has 0 saturated heterocycles. The lowest BCUT2D eigenvalue weighted by atomic mass is 10.1. The van der Waals surface area contributed by atoms with Crippen LogP contribution in [0.15, 0.2) is 41.0 Å². The van der Waals surface area contributed by atoms with Crippen molar-refractivity contribution >= 4 is 11.8 Å². The van der Waals surface area contributed by atoms with E-state index in [1.807, 2.05) is 31.2 Å². The second-order valence-electron chi connectivity index (χ2n) is 7.52. The second kappa shape index (κ2) is 8.59. The molecular weight excluding hydrogens is 372 g/mol. The van der Waals surface area contributed by atoms with Crippen molar-refractivity contribution in [3.8, 4) is 11.5 Å². The number of nitrogens with zero attached hydrogens (tertiary/aromatic N) is 2. The first-order valence-electron chi connectivity index (χ1n) is 10.1. The van der Waals surface area contributed by atoms with Gasteiger partial charge in [-0.2, -0.15) is 0 Å². The highest BCUT2D eigenvalue weighted by molar-refractivity contribution is 5.85. The molecule has 0 bridgehead atoms. The molecule has 2 aromatic rings. The molecule has 0 N–H and O–H groups in total. The average molecular weight is 398 g/mol. The molecule has 154 valence electrons. The Hall–Kier alpha value is -2.96. The third-order valence-electron chi connectivity index (χ3n) is 5.17. The Morgan fingerprint density at radius 1 is 1.07 bits per heavy atom. The Morgan fingerprint density at radius 2 is 1.90 bits per heavy atom. The topological polar surface area (TPSA) is 72.2 Å². The monoisotopic (exact) mass is 398 g/mol. The maximum absolute atomic E-state index is 13.2. The first-order valence-corrected chi connectivity index (χ1v) is 10.1. The maximum Gasteiger partial charge on any atom is 0.242 e. The van der Waals surface area contributed by atoms with Crippen LogP contribution in [0.1, 0.15) is 43.9 Å². The van der Waals surface area contributed by atoms with Crippen LogP contribution in [0.5, 0.6) is 11.5 Å². The number of furan rings is 1. The number of rotatable bonds is 9.